The highest BCUT2D eigenvalue weighted by Gasteiger charge is 2.31. The summed E-state index contributed by atoms with van der Waals surface area (Å²) in [6.45, 7) is 2.17. The summed E-state index contributed by atoms with van der Waals surface area (Å²) in [5.74, 6) is 0.356. The number of carbonyl (C=O) groups is 1. The predicted octanol–water partition coefficient (Wildman–Crippen LogP) is 1.46. The summed E-state index contributed by atoms with van der Waals surface area (Å²) in [5.41, 5.74) is 6.64. The molecule has 1 aromatic carbocycles. The van der Waals surface area contributed by atoms with Crippen LogP contribution in [-0.2, 0) is 21.4 Å². The third-order valence-electron chi connectivity index (χ3n) is 5.39. The standard InChI is InChI=1S/C18H27N3O3S/c19-12-15-4-3-5-17(15)18(22)20-13-14-6-8-16(9-7-14)25(23,24)21-10-1-2-11-21/h6-9,15,17H,1-5,10-13,19H2,(H,20,22)/t15-,17-/m1/s1. The van der Waals surface area contributed by atoms with Gasteiger partial charge in [-0.05, 0) is 55.8 Å². The molecule has 1 aromatic rings. The van der Waals surface area contributed by atoms with E-state index in [0.717, 1.165) is 37.7 Å². The zero-order valence-electron chi connectivity index (χ0n) is 14.5. The van der Waals surface area contributed by atoms with E-state index in [4.69, 9.17) is 5.73 Å². The molecule has 1 aliphatic heterocycles. The number of nitrogens with zero attached hydrogens (tertiary/aromatic N) is 1. The number of hydrogen-bond donors (Lipinski definition) is 2. The minimum absolute atomic E-state index is 0.0137. The first kappa shape index (κ1) is 18.4. The zero-order chi connectivity index (χ0) is 17.9. The van der Waals surface area contributed by atoms with Gasteiger partial charge in [0.15, 0.2) is 0 Å². The van der Waals surface area contributed by atoms with Crippen LogP contribution in [0.15, 0.2) is 29.2 Å². The molecule has 0 radical (unpaired) electrons. The Morgan fingerprint density at radius 2 is 1.80 bits per heavy atom. The highest BCUT2D eigenvalue weighted by molar-refractivity contribution is 7.89. The van der Waals surface area contributed by atoms with E-state index in [-0.39, 0.29) is 17.7 Å². The van der Waals surface area contributed by atoms with Gasteiger partial charge in [0.1, 0.15) is 0 Å². The lowest BCUT2D eigenvalue weighted by Gasteiger charge is -2.18. The lowest BCUT2D eigenvalue weighted by molar-refractivity contribution is -0.126. The van der Waals surface area contributed by atoms with Crippen LogP contribution in [0.5, 0.6) is 0 Å². The molecule has 0 aromatic heterocycles. The van der Waals surface area contributed by atoms with Crippen LogP contribution in [0.4, 0.5) is 0 Å². The van der Waals surface area contributed by atoms with E-state index in [1.54, 1.807) is 24.3 Å². The Hall–Kier alpha value is -1.44. The second-order valence-electron chi connectivity index (χ2n) is 7.01. The van der Waals surface area contributed by atoms with Crippen molar-refractivity contribution in [2.45, 2.75) is 43.5 Å². The molecule has 1 heterocycles. The van der Waals surface area contributed by atoms with E-state index in [9.17, 15) is 13.2 Å². The molecule has 7 heteroatoms. The molecule has 1 aliphatic carbocycles. The lowest BCUT2D eigenvalue weighted by atomic mass is 9.95. The summed E-state index contributed by atoms with van der Waals surface area (Å²) >= 11 is 0. The fraction of sp³-hybridized carbons (Fsp3) is 0.611. The molecule has 0 bridgehead atoms. The summed E-state index contributed by atoms with van der Waals surface area (Å²) in [6, 6.07) is 6.82. The minimum atomic E-state index is -3.38. The SMILES string of the molecule is NC[C@H]1CCC[C@H]1C(=O)NCc1ccc(S(=O)(=O)N2CCCC2)cc1. The van der Waals surface area contributed by atoms with Crippen LogP contribution in [0, 0.1) is 11.8 Å². The van der Waals surface area contributed by atoms with Crippen molar-refractivity contribution in [2.75, 3.05) is 19.6 Å². The molecule has 2 aliphatic rings. The van der Waals surface area contributed by atoms with E-state index in [0.29, 0.717) is 31.1 Å². The highest BCUT2D eigenvalue weighted by Crippen LogP contribution is 2.31. The lowest BCUT2D eigenvalue weighted by Crippen LogP contribution is -2.34. The Morgan fingerprint density at radius 1 is 1.12 bits per heavy atom. The summed E-state index contributed by atoms with van der Waals surface area (Å²) in [7, 11) is -3.38. The van der Waals surface area contributed by atoms with Crippen molar-refractivity contribution < 1.29 is 13.2 Å². The van der Waals surface area contributed by atoms with Gasteiger partial charge >= 0.3 is 0 Å². The van der Waals surface area contributed by atoms with Gasteiger partial charge in [0.25, 0.3) is 0 Å². The van der Waals surface area contributed by atoms with E-state index < -0.39 is 10.0 Å². The van der Waals surface area contributed by atoms with Gasteiger partial charge in [-0.2, -0.15) is 4.31 Å². The Kier molecular flexibility index (Phi) is 5.76. The van der Waals surface area contributed by atoms with Crippen molar-refractivity contribution in [3.05, 3.63) is 29.8 Å². The Morgan fingerprint density at radius 3 is 2.44 bits per heavy atom. The van der Waals surface area contributed by atoms with Crippen LogP contribution in [0.1, 0.15) is 37.7 Å². The number of carbonyl (C=O) groups excluding carboxylic acids is 1. The largest absolute Gasteiger partial charge is 0.352 e. The molecule has 25 heavy (non-hydrogen) atoms. The molecule has 3 N–H and O–H groups in total. The Labute approximate surface area is 149 Å². The molecule has 6 nitrogen and oxygen atoms in total. The third kappa shape index (κ3) is 4.04. The second kappa shape index (κ2) is 7.85. The van der Waals surface area contributed by atoms with Gasteiger partial charge in [-0.3, -0.25) is 4.79 Å². The first-order valence-corrected chi connectivity index (χ1v) is 10.5. The normalized spacial score (nSPS) is 24.5. The fourth-order valence-electron chi connectivity index (χ4n) is 3.84. The van der Waals surface area contributed by atoms with Gasteiger partial charge in [-0.25, -0.2) is 8.42 Å². The quantitative estimate of drug-likeness (QED) is 0.798. The number of hydrogen-bond acceptors (Lipinski definition) is 4. The molecule has 0 unspecified atom stereocenters. The van der Waals surface area contributed by atoms with Crippen LogP contribution in [0.25, 0.3) is 0 Å². The third-order valence-corrected chi connectivity index (χ3v) is 7.30. The van der Waals surface area contributed by atoms with E-state index >= 15 is 0 Å². The number of sulfonamides is 1. The molecular formula is C18H27N3O3S. The summed E-state index contributed by atoms with van der Waals surface area (Å²) in [4.78, 5) is 12.6. The maximum absolute atomic E-state index is 12.5. The molecule has 138 valence electrons. The van der Waals surface area contributed by atoms with Crippen LogP contribution < -0.4 is 11.1 Å². The number of nitrogens with two attached hydrogens (primary N) is 1. The van der Waals surface area contributed by atoms with Gasteiger partial charge in [0, 0.05) is 25.6 Å². The van der Waals surface area contributed by atoms with Crippen molar-refractivity contribution in [1.82, 2.24) is 9.62 Å². The topological polar surface area (TPSA) is 92.5 Å². The van der Waals surface area contributed by atoms with Gasteiger partial charge in [0.05, 0.1) is 4.90 Å². The monoisotopic (exact) mass is 365 g/mol. The number of nitrogens with one attached hydrogen (secondary N) is 1. The molecular weight excluding hydrogens is 338 g/mol. The average molecular weight is 365 g/mol. The summed E-state index contributed by atoms with van der Waals surface area (Å²) in [5, 5.41) is 2.96. The van der Waals surface area contributed by atoms with Crippen LogP contribution in [-0.4, -0.2) is 38.3 Å². The van der Waals surface area contributed by atoms with Crippen molar-refractivity contribution in [1.29, 1.82) is 0 Å². The summed E-state index contributed by atoms with van der Waals surface area (Å²) in [6.07, 6.45) is 4.84. The van der Waals surface area contributed by atoms with Gasteiger partial charge in [-0.1, -0.05) is 18.6 Å². The van der Waals surface area contributed by atoms with E-state index in [1.165, 1.54) is 4.31 Å². The van der Waals surface area contributed by atoms with Crippen molar-refractivity contribution in [3.8, 4) is 0 Å². The van der Waals surface area contributed by atoms with Crippen LogP contribution in [0.2, 0.25) is 0 Å². The van der Waals surface area contributed by atoms with Gasteiger partial charge in [-0.15, -0.1) is 0 Å². The smallest absolute Gasteiger partial charge is 0.243 e. The van der Waals surface area contributed by atoms with E-state index in [2.05, 4.69) is 5.32 Å². The number of amides is 1. The number of benzene rings is 1. The predicted molar refractivity (Wildman–Crippen MR) is 96.2 cm³/mol. The second-order valence-corrected chi connectivity index (χ2v) is 8.94. The van der Waals surface area contributed by atoms with Gasteiger partial charge < -0.3 is 11.1 Å². The number of rotatable bonds is 6. The molecule has 0 spiro atoms. The summed E-state index contributed by atoms with van der Waals surface area (Å²) < 4.78 is 26.5. The molecule has 1 saturated heterocycles. The van der Waals surface area contributed by atoms with Crippen LogP contribution in [0.3, 0.4) is 0 Å². The molecule has 1 amide bonds. The highest BCUT2D eigenvalue weighted by atomic mass is 32.2. The maximum Gasteiger partial charge on any atom is 0.243 e. The first-order valence-electron chi connectivity index (χ1n) is 9.09. The van der Waals surface area contributed by atoms with Gasteiger partial charge in [0.2, 0.25) is 15.9 Å². The van der Waals surface area contributed by atoms with Crippen molar-refractivity contribution in [3.63, 3.8) is 0 Å². The molecule has 1 saturated carbocycles. The van der Waals surface area contributed by atoms with E-state index in [1.807, 2.05) is 0 Å². The maximum atomic E-state index is 12.5. The molecule has 2 atom stereocenters. The molecule has 3 rings (SSSR count). The Balaban J connectivity index is 1.58. The van der Waals surface area contributed by atoms with Crippen molar-refractivity contribution >= 4 is 15.9 Å². The van der Waals surface area contributed by atoms with Crippen LogP contribution >= 0.6 is 0 Å². The van der Waals surface area contributed by atoms with Crippen molar-refractivity contribution in [2.24, 2.45) is 17.6 Å². The zero-order valence-corrected chi connectivity index (χ0v) is 15.3. The Bertz CT molecular complexity index is 697. The minimum Gasteiger partial charge on any atom is -0.352 e. The molecule has 2 fully saturated rings. The average Bonchev–Trinajstić information content (AvgIpc) is 3.31. The first-order chi connectivity index (χ1) is 12.0. The fourth-order valence-corrected chi connectivity index (χ4v) is 5.36.